The van der Waals surface area contributed by atoms with E-state index in [2.05, 4.69) is 0 Å². The molecule has 0 aliphatic carbocycles. The Kier molecular flexibility index (Phi) is 5.49. The van der Waals surface area contributed by atoms with Gasteiger partial charge in [-0.1, -0.05) is 12.1 Å². The first-order valence-electron chi connectivity index (χ1n) is 5.26. The maximum absolute atomic E-state index is 12.2. The van der Waals surface area contributed by atoms with Crippen molar-refractivity contribution in [2.45, 2.75) is 6.54 Å². The zero-order valence-corrected chi connectivity index (χ0v) is 9.61. The van der Waals surface area contributed by atoms with Gasteiger partial charge in [-0.3, -0.25) is 0 Å². The fourth-order valence-electron chi connectivity index (χ4n) is 1.14. The molecule has 0 saturated carbocycles. The van der Waals surface area contributed by atoms with Gasteiger partial charge in [0.1, 0.15) is 11.6 Å². The fraction of sp³-hybridized carbons (Fsp3) is 0.0714. The van der Waals surface area contributed by atoms with Crippen LogP contribution in [0.3, 0.4) is 0 Å². The van der Waals surface area contributed by atoms with Gasteiger partial charge in [-0.15, -0.1) is 0 Å². The van der Waals surface area contributed by atoms with Crippen LogP contribution in [0.2, 0.25) is 0 Å². The summed E-state index contributed by atoms with van der Waals surface area (Å²) in [5.41, 5.74) is 6.72. The average Bonchev–Trinajstić information content (AvgIpc) is 2.41. The molecule has 0 unspecified atom stereocenters. The molecule has 0 aliphatic heterocycles. The summed E-state index contributed by atoms with van der Waals surface area (Å²) >= 11 is 0. The molecule has 0 aromatic heterocycles. The third-order valence-corrected chi connectivity index (χ3v) is 2.12. The molecule has 2 N–H and O–H groups in total. The van der Waals surface area contributed by atoms with Crippen molar-refractivity contribution in [2.24, 2.45) is 5.73 Å². The lowest BCUT2D eigenvalue weighted by Crippen LogP contribution is -1.94. The smallest absolute Gasteiger partial charge is 0.123 e. The Hall–Kier alpha value is -2.25. The summed E-state index contributed by atoms with van der Waals surface area (Å²) in [5, 5.41) is 8.26. The molecule has 0 saturated heterocycles. The Morgan fingerprint density at radius 1 is 0.889 bits per heavy atom. The van der Waals surface area contributed by atoms with Crippen molar-refractivity contribution >= 4 is 0 Å². The van der Waals surface area contributed by atoms with Gasteiger partial charge in [0.05, 0.1) is 11.6 Å². The zero-order chi connectivity index (χ0) is 13.4. The minimum atomic E-state index is -0.311. The molecule has 0 radical (unpaired) electrons. The van der Waals surface area contributed by atoms with Gasteiger partial charge in [-0.2, -0.15) is 5.26 Å². The van der Waals surface area contributed by atoms with E-state index in [1.807, 2.05) is 6.07 Å². The van der Waals surface area contributed by atoms with Crippen molar-refractivity contribution < 1.29 is 8.78 Å². The summed E-state index contributed by atoms with van der Waals surface area (Å²) in [6.07, 6.45) is 0. The van der Waals surface area contributed by atoms with Crippen LogP contribution in [-0.2, 0) is 6.54 Å². The highest BCUT2D eigenvalue weighted by atomic mass is 19.1. The summed E-state index contributed by atoms with van der Waals surface area (Å²) in [6.45, 7) is 0.472. The van der Waals surface area contributed by atoms with Gasteiger partial charge in [0.15, 0.2) is 0 Å². The molecule has 0 bridgehead atoms. The molecule has 0 amide bonds. The Bertz CT molecular complexity index is 513. The lowest BCUT2D eigenvalue weighted by Gasteiger charge is -1.92. The molecule has 0 spiro atoms. The van der Waals surface area contributed by atoms with Crippen molar-refractivity contribution in [3.05, 3.63) is 71.3 Å². The Balaban J connectivity index is 0.000000180. The highest BCUT2D eigenvalue weighted by Crippen LogP contribution is 2.00. The van der Waals surface area contributed by atoms with Gasteiger partial charge in [0.25, 0.3) is 0 Å². The van der Waals surface area contributed by atoms with E-state index in [1.165, 1.54) is 36.4 Å². The molecule has 2 aromatic carbocycles. The number of halogens is 2. The molecule has 0 heterocycles. The first-order chi connectivity index (χ1) is 8.65. The highest BCUT2D eigenvalue weighted by Gasteiger charge is 1.88. The average molecular weight is 246 g/mol. The number of nitrogens with zero attached hydrogens (tertiary/aromatic N) is 1. The topological polar surface area (TPSA) is 49.8 Å². The number of hydrogen-bond donors (Lipinski definition) is 1. The predicted molar refractivity (Wildman–Crippen MR) is 65.4 cm³/mol. The Morgan fingerprint density at radius 2 is 1.33 bits per heavy atom. The lowest BCUT2D eigenvalue weighted by molar-refractivity contribution is 0.627. The van der Waals surface area contributed by atoms with Crippen LogP contribution in [0.4, 0.5) is 8.78 Å². The summed E-state index contributed by atoms with van der Waals surface area (Å²) in [4.78, 5) is 0. The second kappa shape index (κ2) is 7.15. The normalized spacial score (nSPS) is 9.00. The standard InChI is InChI=1S/C7H8FN.C7H4FN/c2*8-7-3-1-6(5-9)2-4-7/h1-4H,5,9H2;1-4H. The van der Waals surface area contributed by atoms with Crippen LogP contribution < -0.4 is 5.73 Å². The van der Waals surface area contributed by atoms with Gasteiger partial charge < -0.3 is 5.73 Å². The number of nitrogens with two attached hydrogens (primary N) is 1. The van der Waals surface area contributed by atoms with Gasteiger partial charge in [-0.05, 0) is 42.0 Å². The molecule has 2 aromatic rings. The molecule has 92 valence electrons. The number of benzene rings is 2. The summed E-state index contributed by atoms with van der Waals surface area (Å²) in [7, 11) is 0. The summed E-state index contributed by atoms with van der Waals surface area (Å²) in [5.74, 6) is -0.527. The third-order valence-electron chi connectivity index (χ3n) is 2.12. The van der Waals surface area contributed by atoms with Crippen molar-refractivity contribution in [3.63, 3.8) is 0 Å². The Labute approximate surface area is 104 Å². The van der Waals surface area contributed by atoms with Gasteiger partial charge in [-0.25, -0.2) is 8.78 Å². The number of nitriles is 1. The molecule has 18 heavy (non-hydrogen) atoms. The van der Waals surface area contributed by atoms with Crippen molar-refractivity contribution in [3.8, 4) is 6.07 Å². The van der Waals surface area contributed by atoms with Crippen LogP contribution in [0, 0.1) is 23.0 Å². The van der Waals surface area contributed by atoms with Crippen molar-refractivity contribution in [2.75, 3.05) is 0 Å². The van der Waals surface area contributed by atoms with Crippen LogP contribution in [0.25, 0.3) is 0 Å². The first-order valence-corrected chi connectivity index (χ1v) is 5.26. The van der Waals surface area contributed by atoms with E-state index in [4.69, 9.17) is 11.0 Å². The van der Waals surface area contributed by atoms with E-state index in [0.717, 1.165) is 5.56 Å². The van der Waals surface area contributed by atoms with E-state index < -0.39 is 0 Å². The molecule has 2 rings (SSSR count). The lowest BCUT2D eigenvalue weighted by atomic mass is 10.2. The van der Waals surface area contributed by atoms with Crippen molar-refractivity contribution in [1.82, 2.24) is 0 Å². The minimum Gasteiger partial charge on any atom is -0.326 e. The molecule has 2 nitrogen and oxygen atoms in total. The second-order valence-corrected chi connectivity index (χ2v) is 3.45. The van der Waals surface area contributed by atoms with E-state index in [-0.39, 0.29) is 11.6 Å². The fourth-order valence-corrected chi connectivity index (χ4v) is 1.14. The van der Waals surface area contributed by atoms with E-state index in [9.17, 15) is 8.78 Å². The monoisotopic (exact) mass is 246 g/mol. The third kappa shape index (κ3) is 4.73. The molecule has 4 heteroatoms. The first kappa shape index (κ1) is 13.8. The van der Waals surface area contributed by atoms with Crippen LogP contribution in [0.15, 0.2) is 48.5 Å². The van der Waals surface area contributed by atoms with E-state index in [0.29, 0.717) is 12.1 Å². The van der Waals surface area contributed by atoms with Gasteiger partial charge in [0, 0.05) is 6.54 Å². The van der Waals surface area contributed by atoms with Crippen LogP contribution >= 0.6 is 0 Å². The van der Waals surface area contributed by atoms with Gasteiger partial charge >= 0.3 is 0 Å². The maximum Gasteiger partial charge on any atom is 0.123 e. The summed E-state index contributed by atoms with van der Waals surface area (Å²) < 4.78 is 24.3. The van der Waals surface area contributed by atoms with Crippen molar-refractivity contribution in [1.29, 1.82) is 5.26 Å². The quantitative estimate of drug-likeness (QED) is 0.840. The number of hydrogen-bond acceptors (Lipinski definition) is 2. The summed E-state index contributed by atoms with van der Waals surface area (Å²) in [6, 6.07) is 13.5. The SMILES string of the molecule is N#Cc1ccc(F)cc1.NCc1ccc(F)cc1. The largest absolute Gasteiger partial charge is 0.326 e. The van der Waals surface area contributed by atoms with Crippen LogP contribution in [-0.4, -0.2) is 0 Å². The predicted octanol–water partition coefficient (Wildman–Crippen LogP) is 2.98. The molecular formula is C14H12F2N2. The maximum atomic E-state index is 12.2. The second-order valence-electron chi connectivity index (χ2n) is 3.45. The zero-order valence-electron chi connectivity index (χ0n) is 9.61. The molecule has 0 fully saturated rings. The molecular weight excluding hydrogens is 234 g/mol. The molecule has 0 atom stereocenters. The van der Waals surface area contributed by atoms with Gasteiger partial charge in [0.2, 0.25) is 0 Å². The highest BCUT2D eigenvalue weighted by molar-refractivity contribution is 5.28. The van der Waals surface area contributed by atoms with E-state index in [1.54, 1.807) is 12.1 Å². The minimum absolute atomic E-state index is 0.216. The molecule has 0 aliphatic rings. The van der Waals surface area contributed by atoms with Crippen LogP contribution in [0.5, 0.6) is 0 Å². The van der Waals surface area contributed by atoms with E-state index >= 15 is 0 Å². The number of rotatable bonds is 1. The van der Waals surface area contributed by atoms with Crippen LogP contribution in [0.1, 0.15) is 11.1 Å². The Morgan fingerprint density at radius 3 is 1.72 bits per heavy atom.